The lowest BCUT2D eigenvalue weighted by Crippen LogP contribution is -2.44. The third-order valence-corrected chi connectivity index (χ3v) is 6.88. The van der Waals surface area contributed by atoms with Gasteiger partial charge in [0.15, 0.2) is 5.65 Å². The first kappa shape index (κ1) is 21.6. The van der Waals surface area contributed by atoms with Gasteiger partial charge in [-0.05, 0) is 58.0 Å². The van der Waals surface area contributed by atoms with E-state index in [2.05, 4.69) is 39.7 Å². The highest BCUT2D eigenvalue weighted by Gasteiger charge is 2.23. The van der Waals surface area contributed by atoms with Crippen LogP contribution in [0.4, 0.5) is 5.69 Å². The molecule has 0 N–H and O–H groups in total. The predicted octanol–water partition coefficient (Wildman–Crippen LogP) is 4.43. The van der Waals surface area contributed by atoms with Crippen molar-refractivity contribution >= 4 is 22.3 Å². The second-order valence-corrected chi connectivity index (χ2v) is 8.93. The Morgan fingerprint density at radius 2 is 1.82 bits per heavy atom. The molecule has 3 aromatic heterocycles. The summed E-state index contributed by atoms with van der Waals surface area (Å²) in [5.41, 5.74) is 4.92. The van der Waals surface area contributed by atoms with Crippen LogP contribution in [-0.4, -0.2) is 51.5 Å². The van der Waals surface area contributed by atoms with E-state index in [0.29, 0.717) is 22.9 Å². The average Bonchev–Trinajstić information content (AvgIpc) is 3.23. The molecule has 5 rings (SSSR count). The zero-order valence-corrected chi connectivity index (χ0v) is 19.8. The van der Waals surface area contributed by atoms with Crippen molar-refractivity contribution in [2.45, 2.75) is 46.6 Å². The van der Waals surface area contributed by atoms with Crippen LogP contribution in [0.5, 0.6) is 0 Å². The Balaban J connectivity index is 1.43. The molecule has 1 fully saturated rings. The van der Waals surface area contributed by atoms with Gasteiger partial charge in [0.1, 0.15) is 5.58 Å². The van der Waals surface area contributed by atoms with Crippen LogP contribution in [-0.2, 0) is 0 Å². The van der Waals surface area contributed by atoms with Gasteiger partial charge in [0.2, 0.25) is 0 Å². The van der Waals surface area contributed by atoms with Gasteiger partial charge >= 0.3 is 5.63 Å². The van der Waals surface area contributed by atoms with Crippen molar-refractivity contribution in [3.8, 4) is 11.3 Å². The van der Waals surface area contributed by atoms with Crippen LogP contribution < -0.4 is 10.5 Å². The van der Waals surface area contributed by atoms with Gasteiger partial charge in [-0.15, -0.1) is 0 Å². The zero-order chi connectivity index (χ0) is 23.1. The van der Waals surface area contributed by atoms with Crippen molar-refractivity contribution in [1.82, 2.24) is 19.3 Å². The molecule has 0 amide bonds. The van der Waals surface area contributed by atoms with Crippen LogP contribution in [0, 0.1) is 13.8 Å². The molecule has 1 aliphatic rings. The molecule has 0 spiro atoms. The van der Waals surface area contributed by atoms with Crippen LogP contribution in [0.25, 0.3) is 27.9 Å². The summed E-state index contributed by atoms with van der Waals surface area (Å²) in [7, 11) is 0. The summed E-state index contributed by atoms with van der Waals surface area (Å²) in [6.07, 6.45) is 6.09. The van der Waals surface area contributed by atoms with E-state index in [9.17, 15) is 4.79 Å². The quantitative estimate of drug-likeness (QED) is 0.424. The van der Waals surface area contributed by atoms with Crippen LogP contribution in [0.2, 0.25) is 0 Å². The van der Waals surface area contributed by atoms with Crippen LogP contribution >= 0.6 is 0 Å². The van der Waals surface area contributed by atoms with E-state index < -0.39 is 0 Å². The summed E-state index contributed by atoms with van der Waals surface area (Å²) < 4.78 is 7.69. The van der Waals surface area contributed by atoms with Crippen LogP contribution in [0.15, 0.2) is 45.9 Å². The lowest BCUT2D eigenvalue weighted by Gasteiger charge is -2.38. The third-order valence-electron chi connectivity index (χ3n) is 6.88. The van der Waals surface area contributed by atoms with E-state index in [4.69, 9.17) is 4.42 Å². The normalized spacial score (nSPS) is 15.2. The van der Waals surface area contributed by atoms with E-state index in [1.807, 2.05) is 48.8 Å². The molecule has 0 bridgehead atoms. The van der Waals surface area contributed by atoms with Gasteiger partial charge in [0.05, 0.1) is 22.6 Å². The Bertz CT molecular complexity index is 1360. The number of benzene rings is 1. The van der Waals surface area contributed by atoms with Crippen molar-refractivity contribution in [3.63, 3.8) is 0 Å². The van der Waals surface area contributed by atoms with E-state index in [-0.39, 0.29) is 5.63 Å². The number of hydrogen-bond donors (Lipinski definition) is 0. The first-order valence-corrected chi connectivity index (χ1v) is 11.9. The molecule has 0 radical (unpaired) electrons. The number of aryl methyl sites for hydroxylation is 2. The van der Waals surface area contributed by atoms with Crippen molar-refractivity contribution < 1.29 is 4.42 Å². The fourth-order valence-electron chi connectivity index (χ4n) is 5.14. The van der Waals surface area contributed by atoms with Gasteiger partial charge in [-0.25, -0.2) is 9.78 Å². The number of hydrogen-bond acceptors (Lipinski definition) is 6. The molecule has 7 heteroatoms. The number of rotatable bonds is 5. The van der Waals surface area contributed by atoms with Crippen LogP contribution in [0.3, 0.4) is 0 Å². The minimum absolute atomic E-state index is 0.370. The summed E-state index contributed by atoms with van der Waals surface area (Å²) in [6, 6.07) is 8.71. The maximum absolute atomic E-state index is 12.9. The fourth-order valence-corrected chi connectivity index (χ4v) is 5.14. The molecule has 4 heterocycles. The fraction of sp³-hybridized carbons (Fsp3) is 0.423. The van der Waals surface area contributed by atoms with Crippen LogP contribution in [0.1, 0.15) is 38.1 Å². The first-order valence-electron chi connectivity index (χ1n) is 11.9. The largest absolute Gasteiger partial charge is 0.422 e. The Morgan fingerprint density at radius 1 is 1.06 bits per heavy atom. The molecule has 7 nitrogen and oxygen atoms in total. The van der Waals surface area contributed by atoms with Gasteiger partial charge in [0.25, 0.3) is 0 Å². The molecule has 1 aliphatic heterocycles. The molecule has 172 valence electrons. The zero-order valence-electron chi connectivity index (χ0n) is 19.8. The number of nitrogens with zero attached hydrogens (tertiary/aromatic N) is 5. The monoisotopic (exact) mass is 445 g/mol. The van der Waals surface area contributed by atoms with Crippen molar-refractivity contribution in [3.05, 3.63) is 58.5 Å². The van der Waals surface area contributed by atoms with Crippen molar-refractivity contribution in [2.24, 2.45) is 0 Å². The molecule has 0 aliphatic carbocycles. The highest BCUT2D eigenvalue weighted by molar-refractivity contribution is 5.84. The van der Waals surface area contributed by atoms with Crippen molar-refractivity contribution in [1.29, 1.82) is 0 Å². The van der Waals surface area contributed by atoms with E-state index in [1.54, 1.807) is 0 Å². The molecule has 1 saturated heterocycles. The second kappa shape index (κ2) is 8.63. The summed E-state index contributed by atoms with van der Waals surface area (Å²) in [5, 5.41) is 0.898. The number of imidazole rings is 1. The van der Waals surface area contributed by atoms with Gasteiger partial charge in [0, 0.05) is 48.7 Å². The van der Waals surface area contributed by atoms with Gasteiger partial charge in [-0.3, -0.25) is 4.98 Å². The Hall–Kier alpha value is -3.19. The molecular weight excluding hydrogens is 414 g/mol. The number of anilines is 1. The predicted molar refractivity (Wildman–Crippen MR) is 132 cm³/mol. The highest BCUT2D eigenvalue weighted by atomic mass is 16.4. The third kappa shape index (κ3) is 4.02. The lowest BCUT2D eigenvalue weighted by atomic mass is 10.0. The van der Waals surface area contributed by atoms with E-state index in [0.717, 1.165) is 67.1 Å². The Kier molecular flexibility index (Phi) is 5.66. The van der Waals surface area contributed by atoms with Gasteiger partial charge < -0.3 is 18.6 Å². The summed E-state index contributed by atoms with van der Waals surface area (Å²) >= 11 is 0. The topological polar surface area (TPSA) is 66.9 Å². The average molecular weight is 446 g/mol. The van der Waals surface area contributed by atoms with E-state index in [1.165, 1.54) is 0 Å². The summed E-state index contributed by atoms with van der Waals surface area (Å²) in [4.78, 5) is 26.9. The maximum Gasteiger partial charge on any atom is 0.345 e. The summed E-state index contributed by atoms with van der Waals surface area (Å²) in [6.45, 7) is 12.6. The molecule has 0 unspecified atom stereocenters. The minimum atomic E-state index is -0.370. The number of fused-ring (bicyclic) bond motifs is 2. The molecular formula is C26H31N5O2. The highest BCUT2D eigenvalue weighted by Crippen LogP contribution is 2.28. The smallest absolute Gasteiger partial charge is 0.345 e. The Labute approximate surface area is 193 Å². The molecule has 1 aromatic carbocycles. The number of aromatic nitrogens is 3. The molecule has 33 heavy (non-hydrogen) atoms. The second-order valence-electron chi connectivity index (χ2n) is 8.93. The molecule has 0 atom stereocenters. The molecule has 4 aromatic rings. The van der Waals surface area contributed by atoms with Crippen molar-refractivity contribution in [2.75, 3.05) is 31.1 Å². The summed E-state index contributed by atoms with van der Waals surface area (Å²) in [5.74, 6) is 0. The first-order chi connectivity index (χ1) is 16.0. The maximum atomic E-state index is 12.9. The number of piperidine rings is 1. The van der Waals surface area contributed by atoms with E-state index >= 15 is 0 Å². The van der Waals surface area contributed by atoms with Gasteiger partial charge in [-0.2, -0.15) is 0 Å². The SMILES string of the molecule is CCN(CC)C1CCN(c2ccc3cc(-c4cn5cc(C)nc(C)c5n4)c(=O)oc3c2)CC1. The lowest BCUT2D eigenvalue weighted by molar-refractivity contribution is 0.186. The molecule has 0 saturated carbocycles. The Morgan fingerprint density at radius 3 is 2.55 bits per heavy atom. The minimum Gasteiger partial charge on any atom is -0.422 e. The van der Waals surface area contributed by atoms with Gasteiger partial charge in [-0.1, -0.05) is 13.8 Å². The standard InChI is InChI=1S/C26H31N5O2/c1-5-29(6-2)20-9-11-30(12-10-20)21-8-7-19-13-22(26(32)33-24(19)14-21)23-16-31-15-17(3)27-18(4)25(31)28-23/h7-8,13-16,20H,5-6,9-12H2,1-4H3.